The van der Waals surface area contributed by atoms with E-state index < -0.39 is 0 Å². The maximum absolute atomic E-state index is 9.00. The predicted octanol–water partition coefficient (Wildman–Crippen LogP) is 3.80. The summed E-state index contributed by atoms with van der Waals surface area (Å²) >= 11 is 0. The Kier molecular flexibility index (Phi) is 4.69. The van der Waals surface area contributed by atoms with Crippen LogP contribution >= 0.6 is 0 Å². The van der Waals surface area contributed by atoms with Crippen molar-refractivity contribution in [3.05, 3.63) is 71.6 Å². The van der Waals surface area contributed by atoms with Gasteiger partial charge < -0.3 is 4.42 Å². The quantitative estimate of drug-likeness (QED) is 0.716. The second-order valence-electron chi connectivity index (χ2n) is 5.71. The minimum absolute atomic E-state index is 0.0271. The van der Waals surface area contributed by atoms with Crippen LogP contribution in [0, 0.1) is 11.3 Å². The lowest BCUT2D eigenvalue weighted by Gasteiger charge is -2.21. The van der Waals surface area contributed by atoms with Gasteiger partial charge in [-0.1, -0.05) is 30.3 Å². The fourth-order valence-electron chi connectivity index (χ4n) is 2.45. The normalized spacial score (nSPS) is 12.1. The van der Waals surface area contributed by atoms with Crippen molar-refractivity contribution in [2.75, 3.05) is 7.05 Å². The Morgan fingerprint density at radius 1 is 1.12 bits per heavy atom. The fourth-order valence-corrected chi connectivity index (χ4v) is 2.45. The zero-order valence-electron chi connectivity index (χ0n) is 13.7. The Balaban J connectivity index is 1.73. The molecule has 0 amide bonds. The lowest BCUT2D eigenvalue weighted by atomic mass is 10.1. The maximum atomic E-state index is 9.00. The second kappa shape index (κ2) is 7.07. The molecule has 0 saturated carbocycles. The molecule has 0 radical (unpaired) electrons. The first-order valence-electron chi connectivity index (χ1n) is 7.75. The van der Waals surface area contributed by atoms with Crippen molar-refractivity contribution in [3.8, 4) is 17.5 Å². The molecule has 0 aliphatic carbocycles. The van der Waals surface area contributed by atoms with Crippen molar-refractivity contribution in [2.45, 2.75) is 19.5 Å². The Morgan fingerprint density at radius 2 is 1.92 bits per heavy atom. The molecule has 0 saturated heterocycles. The van der Waals surface area contributed by atoms with E-state index in [1.807, 2.05) is 62.5 Å². The van der Waals surface area contributed by atoms with Gasteiger partial charge in [0.2, 0.25) is 11.8 Å². The van der Waals surface area contributed by atoms with Crippen LogP contribution in [0.4, 0.5) is 0 Å². The largest absolute Gasteiger partial charge is 0.419 e. The number of aromatic nitrogens is 2. The monoisotopic (exact) mass is 318 g/mol. The lowest BCUT2D eigenvalue weighted by Crippen LogP contribution is -2.22. The molecule has 3 aromatic rings. The summed E-state index contributed by atoms with van der Waals surface area (Å²) < 4.78 is 5.82. The third-order valence-electron chi connectivity index (χ3n) is 3.97. The van der Waals surface area contributed by atoms with Crippen LogP contribution in [0.2, 0.25) is 0 Å². The van der Waals surface area contributed by atoms with E-state index in [0.29, 0.717) is 23.9 Å². The van der Waals surface area contributed by atoms with Crippen LogP contribution in [-0.2, 0) is 6.54 Å². The summed E-state index contributed by atoms with van der Waals surface area (Å²) in [5.41, 5.74) is 2.65. The summed E-state index contributed by atoms with van der Waals surface area (Å²) in [6.07, 6.45) is 0. The average molecular weight is 318 g/mol. The zero-order chi connectivity index (χ0) is 16.9. The van der Waals surface area contributed by atoms with E-state index in [2.05, 4.69) is 21.2 Å². The van der Waals surface area contributed by atoms with Gasteiger partial charge in [-0.3, -0.25) is 4.90 Å². The van der Waals surface area contributed by atoms with Gasteiger partial charge in [-0.05, 0) is 43.8 Å². The highest BCUT2D eigenvalue weighted by Crippen LogP contribution is 2.24. The molecule has 1 unspecified atom stereocenters. The van der Waals surface area contributed by atoms with Crippen molar-refractivity contribution in [3.63, 3.8) is 0 Å². The Morgan fingerprint density at radius 3 is 2.67 bits per heavy atom. The minimum atomic E-state index is -0.0271. The summed E-state index contributed by atoms with van der Waals surface area (Å²) in [5, 5.41) is 17.3. The van der Waals surface area contributed by atoms with Gasteiger partial charge in [0, 0.05) is 12.1 Å². The molecule has 5 heteroatoms. The average Bonchev–Trinajstić information content (AvgIpc) is 3.12. The minimum Gasteiger partial charge on any atom is -0.419 e. The number of nitriles is 1. The molecule has 0 aliphatic heterocycles. The first kappa shape index (κ1) is 15.9. The van der Waals surface area contributed by atoms with E-state index in [1.54, 1.807) is 6.07 Å². The van der Waals surface area contributed by atoms with Crippen LogP contribution in [-0.4, -0.2) is 22.1 Å². The molecular formula is C19H18N4O. The van der Waals surface area contributed by atoms with Crippen LogP contribution in [0.1, 0.15) is 30.0 Å². The summed E-state index contributed by atoms with van der Waals surface area (Å²) in [6.45, 7) is 2.72. The molecule has 0 N–H and O–H groups in total. The van der Waals surface area contributed by atoms with E-state index in [0.717, 1.165) is 11.1 Å². The van der Waals surface area contributed by atoms with E-state index in [-0.39, 0.29) is 6.04 Å². The lowest BCUT2D eigenvalue weighted by molar-refractivity contribution is 0.218. The van der Waals surface area contributed by atoms with Gasteiger partial charge in [0.05, 0.1) is 17.7 Å². The van der Waals surface area contributed by atoms with E-state index in [1.165, 1.54) is 0 Å². The summed E-state index contributed by atoms with van der Waals surface area (Å²) in [5.74, 6) is 1.10. The molecule has 24 heavy (non-hydrogen) atoms. The molecule has 3 rings (SSSR count). The summed E-state index contributed by atoms with van der Waals surface area (Å²) in [7, 11) is 2.00. The molecule has 120 valence electrons. The van der Waals surface area contributed by atoms with Crippen LogP contribution in [0.3, 0.4) is 0 Å². The number of hydrogen-bond donors (Lipinski definition) is 0. The smallest absolute Gasteiger partial charge is 0.247 e. The first-order valence-corrected chi connectivity index (χ1v) is 7.75. The van der Waals surface area contributed by atoms with Gasteiger partial charge in [-0.2, -0.15) is 5.26 Å². The van der Waals surface area contributed by atoms with E-state index in [9.17, 15) is 0 Å². The SMILES string of the molecule is CC(c1nnc(-c2ccccc2)o1)N(C)Cc1cccc(C#N)c1. The Labute approximate surface area is 141 Å². The highest BCUT2D eigenvalue weighted by Gasteiger charge is 2.19. The number of nitrogens with zero attached hydrogens (tertiary/aromatic N) is 4. The second-order valence-corrected chi connectivity index (χ2v) is 5.71. The van der Waals surface area contributed by atoms with E-state index in [4.69, 9.17) is 9.68 Å². The number of hydrogen-bond acceptors (Lipinski definition) is 5. The first-order chi connectivity index (χ1) is 11.7. The van der Waals surface area contributed by atoms with Crippen molar-refractivity contribution in [2.24, 2.45) is 0 Å². The third kappa shape index (κ3) is 3.50. The highest BCUT2D eigenvalue weighted by molar-refractivity contribution is 5.51. The van der Waals surface area contributed by atoms with Gasteiger partial charge in [0.25, 0.3) is 0 Å². The van der Waals surface area contributed by atoms with Crippen LogP contribution in [0.25, 0.3) is 11.5 Å². The van der Waals surface area contributed by atoms with Crippen LogP contribution in [0.5, 0.6) is 0 Å². The standard InChI is InChI=1S/C19H18N4O/c1-14(23(2)13-16-8-6-7-15(11-16)12-20)18-21-22-19(24-18)17-9-4-3-5-10-17/h3-11,14H,13H2,1-2H3. The van der Waals surface area contributed by atoms with Crippen molar-refractivity contribution in [1.29, 1.82) is 5.26 Å². The Bertz CT molecular complexity index is 851. The topological polar surface area (TPSA) is 66.0 Å². The zero-order valence-corrected chi connectivity index (χ0v) is 13.7. The molecule has 2 aromatic carbocycles. The maximum Gasteiger partial charge on any atom is 0.247 e. The third-order valence-corrected chi connectivity index (χ3v) is 3.97. The number of benzene rings is 2. The van der Waals surface area contributed by atoms with Crippen molar-refractivity contribution < 1.29 is 4.42 Å². The van der Waals surface area contributed by atoms with Gasteiger partial charge in [-0.15, -0.1) is 10.2 Å². The van der Waals surface area contributed by atoms with Gasteiger partial charge >= 0.3 is 0 Å². The molecule has 0 spiro atoms. The van der Waals surface area contributed by atoms with Gasteiger partial charge in [0.1, 0.15) is 0 Å². The highest BCUT2D eigenvalue weighted by atomic mass is 16.4. The summed E-state index contributed by atoms with van der Waals surface area (Å²) in [6, 6.07) is 19.5. The molecule has 1 heterocycles. The molecule has 5 nitrogen and oxygen atoms in total. The molecular weight excluding hydrogens is 300 g/mol. The molecule has 0 bridgehead atoms. The molecule has 0 fully saturated rings. The van der Waals surface area contributed by atoms with Crippen LogP contribution < -0.4 is 0 Å². The van der Waals surface area contributed by atoms with Crippen molar-refractivity contribution >= 4 is 0 Å². The Hall–Kier alpha value is -2.97. The predicted molar refractivity (Wildman–Crippen MR) is 90.8 cm³/mol. The van der Waals surface area contributed by atoms with Crippen LogP contribution in [0.15, 0.2) is 59.0 Å². The van der Waals surface area contributed by atoms with Gasteiger partial charge in [0.15, 0.2) is 0 Å². The van der Waals surface area contributed by atoms with E-state index >= 15 is 0 Å². The fraction of sp³-hybridized carbons (Fsp3) is 0.211. The van der Waals surface area contributed by atoms with Gasteiger partial charge in [-0.25, -0.2) is 0 Å². The molecule has 1 aromatic heterocycles. The van der Waals surface area contributed by atoms with Crippen molar-refractivity contribution in [1.82, 2.24) is 15.1 Å². The molecule has 1 atom stereocenters. The number of rotatable bonds is 5. The molecule has 0 aliphatic rings. The summed E-state index contributed by atoms with van der Waals surface area (Å²) in [4.78, 5) is 2.11.